The Morgan fingerprint density at radius 2 is 1.85 bits per heavy atom. The highest BCUT2D eigenvalue weighted by atomic mass is 127. The van der Waals surface area contributed by atoms with Crippen molar-refractivity contribution in [2.24, 2.45) is 5.10 Å². The van der Waals surface area contributed by atoms with E-state index in [2.05, 4.69) is 33.1 Å². The molecule has 0 aromatic heterocycles. The van der Waals surface area contributed by atoms with E-state index in [-0.39, 0.29) is 5.91 Å². The Morgan fingerprint density at radius 3 is 2.52 bits per heavy atom. The number of methoxy groups -OCH3 is 1. The van der Waals surface area contributed by atoms with Crippen LogP contribution in [0.1, 0.15) is 22.8 Å². The lowest BCUT2D eigenvalue weighted by Gasteiger charge is -2.09. The topological polar surface area (TPSA) is 59.9 Å². The Balaban J connectivity index is 1.76. The van der Waals surface area contributed by atoms with E-state index in [9.17, 15) is 4.79 Å². The van der Waals surface area contributed by atoms with E-state index in [1.54, 1.807) is 19.4 Å². The first-order valence-electron chi connectivity index (χ1n) is 8.45. The molecule has 3 aromatic rings. The summed E-state index contributed by atoms with van der Waals surface area (Å²) in [5, 5.41) is 6.04. The molecule has 0 atom stereocenters. The summed E-state index contributed by atoms with van der Waals surface area (Å²) in [5.74, 6) is 1.02. The fraction of sp³-hybridized carbons (Fsp3) is 0.143. The lowest BCUT2D eigenvalue weighted by molar-refractivity contribution is 0.0952. The number of halogens is 1. The monoisotopic (exact) mass is 474 g/mol. The third-order valence-electron chi connectivity index (χ3n) is 3.95. The highest BCUT2D eigenvalue weighted by Crippen LogP contribution is 2.26. The fourth-order valence-corrected chi connectivity index (χ4v) is 3.36. The maximum absolute atomic E-state index is 12.5. The first-order chi connectivity index (χ1) is 13.1. The predicted molar refractivity (Wildman–Crippen MR) is 116 cm³/mol. The average molecular weight is 474 g/mol. The first kappa shape index (κ1) is 19.2. The summed E-state index contributed by atoms with van der Waals surface area (Å²) in [6.45, 7) is 2.56. The van der Waals surface area contributed by atoms with Gasteiger partial charge in [0.05, 0.1) is 29.1 Å². The molecule has 1 N–H and O–H groups in total. The van der Waals surface area contributed by atoms with Crippen LogP contribution in [0, 0.1) is 3.57 Å². The molecule has 6 heteroatoms. The minimum absolute atomic E-state index is 0.325. The van der Waals surface area contributed by atoms with Gasteiger partial charge in [0, 0.05) is 0 Å². The third-order valence-corrected chi connectivity index (χ3v) is 4.79. The van der Waals surface area contributed by atoms with E-state index in [1.807, 2.05) is 55.5 Å². The Bertz CT molecular complexity index is 1000. The number of hydrogen-bond donors (Lipinski definition) is 1. The second-order valence-corrected chi connectivity index (χ2v) is 6.88. The van der Waals surface area contributed by atoms with E-state index in [4.69, 9.17) is 9.47 Å². The number of carbonyl (C=O) groups is 1. The fourth-order valence-electron chi connectivity index (χ4n) is 2.66. The van der Waals surface area contributed by atoms with Crippen LogP contribution in [0.3, 0.4) is 0 Å². The van der Waals surface area contributed by atoms with Crippen molar-refractivity contribution in [1.82, 2.24) is 5.43 Å². The maximum atomic E-state index is 12.5. The van der Waals surface area contributed by atoms with E-state index in [0.717, 1.165) is 25.7 Å². The second-order valence-electron chi connectivity index (χ2n) is 5.72. The van der Waals surface area contributed by atoms with Crippen LogP contribution < -0.4 is 14.9 Å². The minimum atomic E-state index is -0.325. The summed E-state index contributed by atoms with van der Waals surface area (Å²) < 4.78 is 11.9. The normalized spacial score (nSPS) is 10.9. The molecule has 0 aliphatic rings. The second kappa shape index (κ2) is 8.85. The van der Waals surface area contributed by atoms with Gasteiger partial charge in [0.15, 0.2) is 0 Å². The summed E-state index contributed by atoms with van der Waals surface area (Å²) in [6.07, 6.45) is 1.60. The summed E-state index contributed by atoms with van der Waals surface area (Å²) >= 11 is 2.21. The lowest BCUT2D eigenvalue weighted by atomic mass is 10.1. The van der Waals surface area contributed by atoms with Gasteiger partial charge in [0.2, 0.25) is 0 Å². The SMILES string of the molecule is CCOc1ccc(/C=N\NC(=O)c2cc3ccccc3cc2OC)cc1I. The molecule has 0 aliphatic heterocycles. The zero-order valence-corrected chi connectivity index (χ0v) is 17.2. The molecule has 0 spiro atoms. The van der Waals surface area contributed by atoms with Crippen molar-refractivity contribution >= 4 is 45.5 Å². The largest absolute Gasteiger partial charge is 0.496 e. The summed E-state index contributed by atoms with van der Waals surface area (Å²) in [6, 6.07) is 17.2. The van der Waals surface area contributed by atoms with Crippen molar-refractivity contribution in [3.63, 3.8) is 0 Å². The van der Waals surface area contributed by atoms with Crippen molar-refractivity contribution in [3.8, 4) is 11.5 Å². The lowest BCUT2D eigenvalue weighted by Crippen LogP contribution is -2.18. The van der Waals surface area contributed by atoms with Crippen molar-refractivity contribution < 1.29 is 14.3 Å². The Labute approximate surface area is 171 Å². The molecule has 3 rings (SSSR count). The number of carbonyl (C=O) groups excluding carboxylic acids is 1. The molecule has 0 bridgehead atoms. The molecule has 1 amide bonds. The molecule has 5 nitrogen and oxygen atoms in total. The van der Waals surface area contributed by atoms with Crippen LogP contribution in [0.15, 0.2) is 59.7 Å². The molecule has 0 radical (unpaired) electrons. The van der Waals surface area contributed by atoms with Crippen molar-refractivity contribution in [3.05, 3.63) is 69.3 Å². The zero-order chi connectivity index (χ0) is 19.2. The van der Waals surface area contributed by atoms with Crippen molar-refractivity contribution in [2.75, 3.05) is 13.7 Å². The standard InChI is InChI=1S/C21H19IN2O3/c1-3-27-19-9-8-14(10-18(19)22)13-23-24-21(25)17-11-15-6-4-5-7-16(15)12-20(17)26-2/h4-13H,3H2,1-2H3,(H,24,25)/b23-13-. The van der Waals surface area contributed by atoms with Crippen LogP contribution in [0.2, 0.25) is 0 Å². The number of hydrogen-bond acceptors (Lipinski definition) is 4. The molecule has 3 aromatic carbocycles. The molecule has 0 saturated carbocycles. The van der Waals surface area contributed by atoms with Crippen LogP contribution in [-0.4, -0.2) is 25.8 Å². The molecule has 27 heavy (non-hydrogen) atoms. The number of benzene rings is 3. The Hall–Kier alpha value is -2.61. The summed E-state index contributed by atoms with van der Waals surface area (Å²) in [5.41, 5.74) is 3.87. The third kappa shape index (κ3) is 4.57. The van der Waals surface area contributed by atoms with Gasteiger partial charge in [-0.2, -0.15) is 5.10 Å². The van der Waals surface area contributed by atoms with Gasteiger partial charge in [-0.1, -0.05) is 24.3 Å². The molecule has 0 heterocycles. The van der Waals surface area contributed by atoms with Gasteiger partial charge in [-0.05, 0) is 76.2 Å². The van der Waals surface area contributed by atoms with Crippen LogP contribution in [0.5, 0.6) is 11.5 Å². The summed E-state index contributed by atoms with van der Waals surface area (Å²) in [7, 11) is 1.55. The van der Waals surface area contributed by atoms with E-state index in [0.29, 0.717) is 17.9 Å². The van der Waals surface area contributed by atoms with Crippen molar-refractivity contribution in [2.45, 2.75) is 6.92 Å². The number of hydrazone groups is 1. The average Bonchev–Trinajstić information content (AvgIpc) is 2.69. The molecule has 0 aliphatic carbocycles. The van der Waals surface area contributed by atoms with Crippen LogP contribution in [0.25, 0.3) is 10.8 Å². The van der Waals surface area contributed by atoms with Gasteiger partial charge >= 0.3 is 0 Å². The smallest absolute Gasteiger partial charge is 0.275 e. The van der Waals surface area contributed by atoms with Crippen LogP contribution >= 0.6 is 22.6 Å². The molecule has 0 saturated heterocycles. The van der Waals surface area contributed by atoms with E-state index in [1.165, 1.54) is 0 Å². The van der Waals surface area contributed by atoms with Gasteiger partial charge in [0.1, 0.15) is 11.5 Å². The first-order valence-corrected chi connectivity index (χ1v) is 9.52. The Kier molecular flexibility index (Phi) is 6.28. The number of nitrogens with zero attached hydrogens (tertiary/aromatic N) is 1. The van der Waals surface area contributed by atoms with Crippen molar-refractivity contribution in [1.29, 1.82) is 0 Å². The van der Waals surface area contributed by atoms with Gasteiger partial charge < -0.3 is 9.47 Å². The predicted octanol–water partition coefficient (Wildman–Crippen LogP) is 4.62. The number of nitrogens with one attached hydrogen (secondary N) is 1. The quantitative estimate of drug-likeness (QED) is 0.323. The maximum Gasteiger partial charge on any atom is 0.275 e. The number of amides is 1. The van der Waals surface area contributed by atoms with E-state index < -0.39 is 0 Å². The molecular weight excluding hydrogens is 455 g/mol. The number of rotatable bonds is 6. The molecule has 138 valence electrons. The van der Waals surface area contributed by atoms with Gasteiger partial charge in [0.25, 0.3) is 5.91 Å². The van der Waals surface area contributed by atoms with Gasteiger partial charge in [-0.3, -0.25) is 4.79 Å². The van der Waals surface area contributed by atoms with E-state index >= 15 is 0 Å². The highest BCUT2D eigenvalue weighted by Gasteiger charge is 2.13. The molecule has 0 fully saturated rings. The van der Waals surface area contributed by atoms with Gasteiger partial charge in [-0.15, -0.1) is 0 Å². The minimum Gasteiger partial charge on any atom is -0.496 e. The zero-order valence-electron chi connectivity index (χ0n) is 15.0. The molecular formula is C21H19IN2O3. The van der Waals surface area contributed by atoms with Crippen LogP contribution in [0.4, 0.5) is 0 Å². The Morgan fingerprint density at radius 1 is 1.11 bits per heavy atom. The molecule has 0 unspecified atom stereocenters. The van der Waals surface area contributed by atoms with Crippen LogP contribution in [-0.2, 0) is 0 Å². The highest BCUT2D eigenvalue weighted by molar-refractivity contribution is 14.1. The van der Waals surface area contributed by atoms with Gasteiger partial charge in [-0.25, -0.2) is 5.43 Å². The number of fused-ring (bicyclic) bond motifs is 1. The number of ether oxygens (including phenoxy) is 2. The summed E-state index contributed by atoms with van der Waals surface area (Å²) in [4.78, 5) is 12.5.